The van der Waals surface area contributed by atoms with Gasteiger partial charge in [-0.25, -0.2) is 4.39 Å². The molecule has 0 aliphatic carbocycles. The van der Waals surface area contributed by atoms with Crippen molar-refractivity contribution < 1.29 is 9.13 Å². The minimum atomic E-state index is -0.241. The van der Waals surface area contributed by atoms with E-state index in [1.165, 1.54) is 6.07 Å². The summed E-state index contributed by atoms with van der Waals surface area (Å²) in [6, 6.07) is 2.97. The highest BCUT2D eigenvalue weighted by Gasteiger charge is 2.21. The van der Waals surface area contributed by atoms with Crippen molar-refractivity contribution in [3.63, 3.8) is 0 Å². The highest BCUT2D eigenvalue weighted by molar-refractivity contribution is 5.44. The second-order valence-corrected chi connectivity index (χ2v) is 3.57. The molecule has 1 heterocycles. The molecule has 0 radical (unpaired) electrons. The minimum Gasteiger partial charge on any atom is -0.493 e. The van der Waals surface area contributed by atoms with Crippen LogP contribution in [0.15, 0.2) is 12.1 Å². The first-order valence-corrected chi connectivity index (χ1v) is 4.93. The van der Waals surface area contributed by atoms with Crippen LogP contribution in [-0.2, 0) is 6.42 Å². The lowest BCUT2D eigenvalue weighted by Gasteiger charge is -2.25. The van der Waals surface area contributed by atoms with Crippen molar-refractivity contribution in [1.82, 2.24) is 0 Å². The van der Waals surface area contributed by atoms with Crippen LogP contribution in [0.3, 0.4) is 0 Å². The molecule has 2 rings (SSSR count). The highest BCUT2D eigenvalue weighted by Crippen LogP contribution is 2.34. The molecule has 1 aromatic rings. The number of halogens is 1. The number of ether oxygens (including phenoxy) is 1. The standard InChI is InChI=1S/C11H14FNO/c1-2-7-5-8(12)6-10-11(7)9(13)3-4-14-10/h5-6,9H,2-4,13H2,1H3/t9-/m1/s1. The van der Waals surface area contributed by atoms with Gasteiger partial charge in [0.25, 0.3) is 0 Å². The average Bonchev–Trinajstić information content (AvgIpc) is 2.16. The van der Waals surface area contributed by atoms with Crippen LogP contribution in [0.25, 0.3) is 0 Å². The fraction of sp³-hybridized carbons (Fsp3) is 0.455. The van der Waals surface area contributed by atoms with Crippen molar-refractivity contribution in [1.29, 1.82) is 0 Å². The summed E-state index contributed by atoms with van der Waals surface area (Å²) < 4.78 is 18.5. The van der Waals surface area contributed by atoms with Crippen LogP contribution >= 0.6 is 0 Å². The summed E-state index contributed by atoms with van der Waals surface area (Å²) in [6.07, 6.45) is 1.60. The molecule has 0 bridgehead atoms. The topological polar surface area (TPSA) is 35.2 Å². The number of benzene rings is 1. The number of aryl methyl sites for hydroxylation is 1. The molecule has 0 saturated heterocycles. The lowest BCUT2D eigenvalue weighted by molar-refractivity contribution is 0.266. The monoisotopic (exact) mass is 195 g/mol. The Balaban J connectivity index is 2.55. The molecular weight excluding hydrogens is 181 g/mol. The third-order valence-electron chi connectivity index (χ3n) is 2.63. The Labute approximate surface area is 82.9 Å². The van der Waals surface area contributed by atoms with E-state index in [0.29, 0.717) is 12.4 Å². The third-order valence-corrected chi connectivity index (χ3v) is 2.63. The van der Waals surface area contributed by atoms with Gasteiger partial charge in [0.2, 0.25) is 0 Å². The second kappa shape index (κ2) is 3.58. The Morgan fingerprint density at radius 1 is 1.57 bits per heavy atom. The molecule has 1 aromatic carbocycles. The van der Waals surface area contributed by atoms with Gasteiger partial charge in [-0.3, -0.25) is 0 Å². The molecular formula is C11H14FNO. The summed E-state index contributed by atoms with van der Waals surface area (Å²) in [5.41, 5.74) is 7.92. The molecule has 0 saturated carbocycles. The van der Waals surface area contributed by atoms with E-state index in [-0.39, 0.29) is 11.9 Å². The van der Waals surface area contributed by atoms with Gasteiger partial charge >= 0.3 is 0 Å². The summed E-state index contributed by atoms with van der Waals surface area (Å²) in [6.45, 7) is 2.58. The molecule has 0 unspecified atom stereocenters. The summed E-state index contributed by atoms with van der Waals surface area (Å²) >= 11 is 0. The Kier molecular flexibility index (Phi) is 2.42. The fourth-order valence-corrected chi connectivity index (χ4v) is 1.92. The summed E-state index contributed by atoms with van der Waals surface area (Å²) in [4.78, 5) is 0. The molecule has 1 aliphatic heterocycles. The molecule has 0 aromatic heterocycles. The summed E-state index contributed by atoms with van der Waals surface area (Å²) in [7, 11) is 0. The van der Waals surface area contributed by atoms with E-state index >= 15 is 0 Å². The number of rotatable bonds is 1. The number of nitrogens with two attached hydrogens (primary N) is 1. The first kappa shape index (κ1) is 9.46. The van der Waals surface area contributed by atoms with E-state index in [9.17, 15) is 4.39 Å². The Morgan fingerprint density at radius 2 is 2.36 bits per heavy atom. The Hall–Kier alpha value is -1.09. The predicted octanol–water partition coefficient (Wildman–Crippen LogP) is 2.17. The molecule has 0 amide bonds. The van der Waals surface area contributed by atoms with E-state index in [4.69, 9.17) is 10.5 Å². The smallest absolute Gasteiger partial charge is 0.127 e. The van der Waals surface area contributed by atoms with Gasteiger partial charge in [-0.2, -0.15) is 0 Å². The molecule has 2 nitrogen and oxygen atoms in total. The van der Waals surface area contributed by atoms with Gasteiger partial charge < -0.3 is 10.5 Å². The van der Waals surface area contributed by atoms with E-state index < -0.39 is 0 Å². The number of hydrogen-bond donors (Lipinski definition) is 1. The molecule has 0 spiro atoms. The molecule has 3 heteroatoms. The first-order valence-electron chi connectivity index (χ1n) is 4.93. The van der Waals surface area contributed by atoms with Crippen molar-refractivity contribution >= 4 is 0 Å². The van der Waals surface area contributed by atoms with E-state index in [1.54, 1.807) is 6.07 Å². The van der Waals surface area contributed by atoms with E-state index in [0.717, 1.165) is 24.0 Å². The first-order chi connectivity index (χ1) is 6.72. The van der Waals surface area contributed by atoms with Crippen LogP contribution in [0, 0.1) is 5.82 Å². The zero-order valence-electron chi connectivity index (χ0n) is 8.22. The number of hydrogen-bond acceptors (Lipinski definition) is 2. The zero-order chi connectivity index (χ0) is 10.1. The van der Waals surface area contributed by atoms with Gasteiger partial charge in [-0.05, 0) is 18.1 Å². The average molecular weight is 195 g/mol. The molecule has 1 atom stereocenters. The van der Waals surface area contributed by atoms with Crippen molar-refractivity contribution in [3.05, 3.63) is 29.1 Å². The quantitative estimate of drug-likeness (QED) is 0.745. The van der Waals surface area contributed by atoms with Crippen LogP contribution in [0.4, 0.5) is 4.39 Å². The Morgan fingerprint density at radius 3 is 3.07 bits per heavy atom. The largest absolute Gasteiger partial charge is 0.493 e. The SMILES string of the molecule is CCc1cc(F)cc2c1[C@H](N)CCO2. The zero-order valence-corrected chi connectivity index (χ0v) is 8.22. The highest BCUT2D eigenvalue weighted by atomic mass is 19.1. The molecule has 76 valence electrons. The van der Waals surface area contributed by atoms with Crippen molar-refractivity contribution in [2.75, 3.05) is 6.61 Å². The lowest BCUT2D eigenvalue weighted by Crippen LogP contribution is -2.22. The molecule has 2 N–H and O–H groups in total. The maximum absolute atomic E-state index is 13.1. The third kappa shape index (κ3) is 1.48. The summed E-state index contributed by atoms with van der Waals surface area (Å²) in [5, 5.41) is 0. The van der Waals surface area contributed by atoms with Gasteiger partial charge in [-0.1, -0.05) is 6.92 Å². The van der Waals surface area contributed by atoms with Gasteiger partial charge in [0.15, 0.2) is 0 Å². The fourth-order valence-electron chi connectivity index (χ4n) is 1.92. The van der Waals surface area contributed by atoms with Gasteiger partial charge in [0.05, 0.1) is 6.61 Å². The van der Waals surface area contributed by atoms with Crippen molar-refractivity contribution in [2.45, 2.75) is 25.8 Å². The second-order valence-electron chi connectivity index (χ2n) is 3.57. The maximum Gasteiger partial charge on any atom is 0.127 e. The van der Waals surface area contributed by atoms with E-state index in [2.05, 4.69) is 0 Å². The van der Waals surface area contributed by atoms with Crippen molar-refractivity contribution in [2.24, 2.45) is 5.73 Å². The van der Waals surface area contributed by atoms with Crippen LogP contribution in [-0.4, -0.2) is 6.61 Å². The summed E-state index contributed by atoms with van der Waals surface area (Å²) in [5.74, 6) is 0.385. The van der Waals surface area contributed by atoms with Crippen molar-refractivity contribution in [3.8, 4) is 5.75 Å². The van der Waals surface area contributed by atoms with Crippen LogP contribution < -0.4 is 10.5 Å². The molecule has 1 aliphatic rings. The van der Waals surface area contributed by atoms with Gasteiger partial charge in [-0.15, -0.1) is 0 Å². The van der Waals surface area contributed by atoms with Gasteiger partial charge in [0, 0.05) is 24.1 Å². The van der Waals surface area contributed by atoms with Crippen LogP contribution in [0.2, 0.25) is 0 Å². The molecule has 0 fully saturated rings. The predicted molar refractivity (Wildman–Crippen MR) is 52.8 cm³/mol. The lowest BCUT2D eigenvalue weighted by atomic mass is 9.94. The molecule has 14 heavy (non-hydrogen) atoms. The van der Waals surface area contributed by atoms with Gasteiger partial charge in [0.1, 0.15) is 11.6 Å². The Bertz CT molecular complexity index is 334. The van der Waals surface area contributed by atoms with Crippen LogP contribution in [0.5, 0.6) is 5.75 Å². The normalized spacial score (nSPS) is 20.1. The minimum absolute atomic E-state index is 0.00528. The maximum atomic E-state index is 13.1. The van der Waals surface area contributed by atoms with Crippen LogP contribution in [0.1, 0.15) is 30.5 Å². The number of fused-ring (bicyclic) bond motifs is 1. The van der Waals surface area contributed by atoms with E-state index in [1.807, 2.05) is 6.92 Å².